The third-order valence-corrected chi connectivity index (χ3v) is 5.11. The van der Waals surface area contributed by atoms with E-state index in [1.165, 1.54) is 0 Å². The van der Waals surface area contributed by atoms with Crippen LogP contribution in [0.4, 0.5) is 0 Å². The summed E-state index contributed by atoms with van der Waals surface area (Å²) in [4.78, 5) is 4.09. The average Bonchev–Trinajstić information content (AvgIpc) is 3.08. The van der Waals surface area contributed by atoms with Crippen molar-refractivity contribution in [3.05, 3.63) is 35.8 Å². The monoisotopic (exact) mass is 330 g/mol. The largest absolute Gasteiger partial charge is 0.437 e. The van der Waals surface area contributed by atoms with Gasteiger partial charge in [-0.05, 0) is 31.9 Å². The maximum atomic E-state index is 9.71. The van der Waals surface area contributed by atoms with Crippen molar-refractivity contribution in [3.63, 3.8) is 0 Å². The first kappa shape index (κ1) is 16.9. The Bertz CT molecular complexity index is 686. The molecule has 6 nitrogen and oxygen atoms in total. The molecule has 2 aromatic heterocycles. The molecule has 2 heterocycles. The number of nitrogens with one attached hydrogen (secondary N) is 1. The molecule has 1 saturated carbocycles. The summed E-state index contributed by atoms with van der Waals surface area (Å²) >= 11 is 0. The summed E-state index contributed by atoms with van der Waals surface area (Å²) in [6.07, 6.45) is 6.72. The number of aliphatic hydroxyl groups excluding tert-OH is 1. The molecule has 0 amide bonds. The Balaban J connectivity index is 1.76. The van der Waals surface area contributed by atoms with Crippen LogP contribution in [0.1, 0.15) is 37.4 Å². The van der Waals surface area contributed by atoms with Gasteiger partial charge >= 0.3 is 0 Å². The van der Waals surface area contributed by atoms with E-state index < -0.39 is 0 Å². The van der Waals surface area contributed by atoms with E-state index in [0.717, 1.165) is 36.4 Å². The lowest BCUT2D eigenvalue weighted by atomic mass is 9.86. The second-order valence-electron chi connectivity index (χ2n) is 6.92. The lowest BCUT2D eigenvalue weighted by Crippen LogP contribution is -2.41. The third-order valence-electron chi connectivity index (χ3n) is 5.11. The van der Waals surface area contributed by atoms with Gasteiger partial charge in [-0.2, -0.15) is 5.10 Å². The van der Waals surface area contributed by atoms with Crippen LogP contribution in [0, 0.1) is 12.3 Å². The minimum absolute atomic E-state index is 0.0412. The Morgan fingerprint density at radius 2 is 2.33 bits per heavy atom. The molecule has 2 unspecified atom stereocenters. The van der Waals surface area contributed by atoms with E-state index in [4.69, 9.17) is 4.74 Å². The fourth-order valence-corrected chi connectivity index (χ4v) is 3.53. The van der Waals surface area contributed by atoms with Gasteiger partial charge in [0, 0.05) is 37.9 Å². The molecule has 1 aliphatic rings. The number of ether oxygens (including phenoxy) is 1. The summed E-state index contributed by atoms with van der Waals surface area (Å²) in [6.45, 7) is 5.04. The van der Waals surface area contributed by atoms with E-state index in [0.29, 0.717) is 18.3 Å². The molecule has 3 rings (SSSR count). The maximum absolute atomic E-state index is 9.71. The number of rotatable bonds is 6. The average molecular weight is 330 g/mol. The summed E-state index contributed by atoms with van der Waals surface area (Å²) in [5, 5.41) is 17.8. The molecule has 0 spiro atoms. The molecule has 0 radical (unpaired) electrons. The van der Waals surface area contributed by atoms with Crippen molar-refractivity contribution in [3.8, 4) is 11.6 Å². The van der Waals surface area contributed by atoms with Crippen molar-refractivity contribution in [1.29, 1.82) is 0 Å². The Kier molecular flexibility index (Phi) is 4.87. The molecule has 0 aromatic carbocycles. The predicted molar refractivity (Wildman–Crippen MR) is 91.9 cm³/mol. The van der Waals surface area contributed by atoms with Gasteiger partial charge < -0.3 is 15.2 Å². The number of aromatic nitrogens is 3. The van der Waals surface area contributed by atoms with E-state index >= 15 is 0 Å². The second-order valence-corrected chi connectivity index (χ2v) is 6.92. The van der Waals surface area contributed by atoms with Crippen molar-refractivity contribution >= 4 is 0 Å². The van der Waals surface area contributed by atoms with Crippen molar-refractivity contribution in [2.24, 2.45) is 12.5 Å². The highest BCUT2D eigenvalue weighted by Gasteiger charge is 2.38. The van der Waals surface area contributed by atoms with Crippen molar-refractivity contribution in [1.82, 2.24) is 20.1 Å². The van der Waals surface area contributed by atoms with Gasteiger partial charge in [-0.25, -0.2) is 4.68 Å². The summed E-state index contributed by atoms with van der Waals surface area (Å²) in [5.41, 5.74) is 1.96. The van der Waals surface area contributed by atoms with Crippen LogP contribution in [-0.4, -0.2) is 32.5 Å². The van der Waals surface area contributed by atoms with Gasteiger partial charge in [0.25, 0.3) is 0 Å². The van der Waals surface area contributed by atoms with Gasteiger partial charge in [-0.3, -0.25) is 4.98 Å². The first-order valence-corrected chi connectivity index (χ1v) is 8.48. The van der Waals surface area contributed by atoms with Crippen LogP contribution in [0.5, 0.6) is 11.6 Å². The van der Waals surface area contributed by atoms with Crippen LogP contribution in [0.3, 0.4) is 0 Å². The quantitative estimate of drug-likeness (QED) is 0.852. The van der Waals surface area contributed by atoms with E-state index in [1.807, 2.05) is 26.1 Å². The van der Waals surface area contributed by atoms with Gasteiger partial charge in [0.2, 0.25) is 5.88 Å². The van der Waals surface area contributed by atoms with Gasteiger partial charge in [0.05, 0.1) is 17.5 Å². The van der Waals surface area contributed by atoms with Gasteiger partial charge in [0.1, 0.15) is 5.75 Å². The standard InChI is InChI=1S/C18H26N4O2/c1-13-15(11-20-16-7-4-8-18(16,2)12-23)17(22(3)21-13)24-14-6-5-9-19-10-14/h5-6,9-10,16,20,23H,4,7-8,11-12H2,1-3H3. The Morgan fingerprint density at radius 1 is 1.50 bits per heavy atom. The van der Waals surface area contributed by atoms with Crippen LogP contribution >= 0.6 is 0 Å². The molecule has 0 aliphatic heterocycles. The molecule has 2 atom stereocenters. The molecule has 6 heteroatoms. The number of pyridine rings is 1. The highest BCUT2D eigenvalue weighted by Crippen LogP contribution is 2.38. The van der Waals surface area contributed by atoms with Crippen LogP contribution < -0.4 is 10.1 Å². The summed E-state index contributed by atoms with van der Waals surface area (Å²) in [6, 6.07) is 4.04. The van der Waals surface area contributed by atoms with Crippen molar-refractivity contribution in [2.45, 2.75) is 45.7 Å². The predicted octanol–water partition coefficient (Wildman–Crippen LogP) is 2.56. The Labute approximate surface area is 142 Å². The van der Waals surface area contributed by atoms with Gasteiger partial charge in [-0.15, -0.1) is 0 Å². The number of aliphatic hydroxyl groups is 1. The molecule has 1 aliphatic carbocycles. The Hall–Kier alpha value is -1.92. The zero-order valence-electron chi connectivity index (χ0n) is 14.6. The summed E-state index contributed by atoms with van der Waals surface area (Å²) < 4.78 is 7.77. The zero-order valence-corrected chi connectivity index (χ0v) is 14.6. The third kappa shape index (κ3) is 3.30. The minimum atomic E-state index is -0.0412. The minimum Gasteiger partial charge on any atom is -0.437 e. The number of nitrogens with zero attached hydrogens (tertiary/aromatic N) is 3. The van der Waals surface area contributed by atoms with Crippen LogP contribution in [0.15, 0.2) is 24.5 Å². The highest BCUT2D eigenvalue weighted by molar-refractivity contribution is 5.34. The van der Waals surface area contributed by atoms with E-state index in [9.17, 15) is 5.11 Å². The molecular weight excluding hydrogens is 304 g/mol. The molecule has 0 saturated heterocycles. The molecule has 2 N–H and O–H groups in total. The van der Waals surface area contributed by atoms with Crippen LogP contribution in [-0.2, 0) is 13.6 Å². The summed E-state index contributed by atoms with van der Waals surface area (Å²) in [7, 11) is 1.88. The molecule has 2 aromatic rings. The van der Waals surface area contributed by atoms with Crippen molar-refractivity contribution < 1.29 is 9.84 Å². The smallest absolute Gasteiger partial charge is 0.222 e. The summed E-state index contributed by atoms with van der Waals surface area (Å²) in [5.74, 6) is 1.43. The fourth-order valence-electron chi connectivity index (χ4n) is 3.53. The van der Waals surface area contributed by atoms with Crippen LogP contribution in [0.25, 0.3) is 0 Å². The topological polar surface area (TPSA) is 72.2 Å². The molecular formula is C18H26N4O2. The first-order chi connectivity index (χ1) is 11.5. The normalized spacial score (nSPS) is 23.6. The lowest BCUT2D eigenvalue weighted by molar-refractivity contribution is 0.118. The zero-order chi connectivity index (χ0) is 17.2. The van der Waals surface area contributed by atoms with E-state index in [-0.39, 0.29) is 12.0 Å². The van der Waals surface area contributed by atoms with Gasteiger partial charge in [-0.1, -0.05) is 13.3 Å². The van der Waals surface area contributed by atoms with Gasteiger partial charge in [0.15, 0.2) is 0 Å². The maximum Gasteiger partial charge on any atom is 0.222 e. The number of aryl methyl sites for hydroxylation is 2. The van der Waals surface area contributed by atoms with E-state index in [1.54, 1.807) is 17.1 Å². The number of hydrogen-bond donors (Lipinski definition) is 2. The first-order valence-electron chi connectivity index (χ1n) is 8.48. The highest BCUT2D eigenvalue weighted by atomic mass is 16.5. The lowest BCUT2D eigenvalue weighted by Gasteiger charge is -2.30. The molecule has 24 heavy (non-hydrogen) atoms. The molecule has 130 valence electrons. The Morgan fingerprint density at radius 3 is 3.04 bits per heavy atom. The number of hydrogen-bond acceptors (Lipinski definition) is 5. The second kappa shape index (κ2) is 6.91. The SMILES string of the molecule is Cc1nn(C)c(Oc2cccnc2)c1CNC1CCCC1(C)CO. The fraction of sp³-hybridized carbons (Fsp3) is 0.556. The van der Waals surface area contributed by atoms with E-state index in [2.05, 4.69) is 22.3 Å². The van der Waals surface area contributed by atoms with Crippen molar-refractivity contribution in [2.75, 3.05) is 6.61 Å². The molecule has 0 bridgehead atoms. The van der Waals surface area contributed by atoms with Crippen LogP contribution in [0.2, 0.25) is 0 Å². The molecule has 1 fully saturated rings.